The van der Waals surface area contributed by atoms with Crippen LogP contribution in [0, 0.1) is 41.4 Å². The fourth-order valence-corrected chi connectivity index (χ4v) is 1.97. The van der Waals surface area contributed by atoms with Crippen LogP contribution in [0.25, 0.3) is 0 Å². The first-order chi connectivity index (χ1) is 6.37. The molecule has 0 unspecified atom stereocenters. The molecule has 1 fully saturated rings. The molecule has 0 saturated heterocycles. The van der Waals surface area contributed by atoms with E-state index in [1.807, 2.05) is 0 Å². The number of hydrogen-bond donors (Lipinski definition) is 0. The van der Waals surface area contributed by atoms with Crippen LogP contribution in [0.4, 0.5) is 0 Å². The standard InChI is InChI=1S/C14H21/c1-8-9(2)11(4)13(6)14(7)12(5)10(8)3/h1-7H3. The Labute approximate surface area is 90.5 Å². The van der Waals surface area contributed by atoms with Crippen LogP contribution in [-0.4, -0.2) is 0 Å². The molecule has 1 aliphatic carbocycles. The van der Waals surface area contributed by atoms with Crippen LogP contribution in [0.1, 0.15) is 48.5 Å². The normalized spacial score (nSPS) is 28.5. The number of rotatable bonds is 0. The predicted octanol–water partition coefficient (Wildman–Crippen LogP) is 4.16. The summed E-state index contributed by atoms with van der Waals surface area (Å²) in [5.41, 5.74) is 0. The third-order valence-corrected chi connectivity index (χ3v) is 3.94. The minimum absolute atomic E-state index is 1.44. The molecule has 14 heavy (non-hydrogen) atoms. The Kier molecular flexibility index (Phi) is 3.66. The molecule has 1 rings (SSSR count). The van der Waals surface area contributed by atoms with Crippen molar-refractivity contribution in [2.45, 2.75) is 48.5 Å². The summed E-state index contributed by atoms with van der Waals surface area (Å²) in [6, 6.07) is 0. The minimum Gasteiger partial charge on any atom is -0.0579 e. The summed E-state index contributed by atoms with van der Waals surface area (Å²) >= 11 is 0. The fourth-order valence-electron chi connectivity index (χ4n) is 1.97. The van der Waals surface area contributed by atoms with E-state index in [1.54, 1.807) is 0 Å². The lowest BCUT2D eigenvalue weighted by atomic mass is 9.77. The van der Waals surface area contributed by atoms with E-state index in [4.69, 9.17) is 0 Å². The first kappa shape index (κ1) is 12.1. The Bertz CT molecular complexity index is 112. The van der Waals surface area contributed by atoms with Crippen molar-refractivity contribution in [3.8, 4) is 0 Å². The van der Waals surface area contributed by atoms with Gasteiger partial charge in [-0.15, -0.1) is 0 Å². The zero-order chi connectivity index (χ0) is 11.0. The Balaban J connectivity index is 2.92. The van der Waals surface area contributed by atoms with E-state index in [0.717, 1.165) is 0 Å². The third-order valence-electron chi connectivity index (χ3n) is 3.94. The van der Waals surface area contributed by atoms with Gasteiger partial charge in [0.05, 0.1) is 0 Å². The van der Waals surface area contributed by atoms with Crippen LogP contribution in [0.5, 0.6) is 0 Å². The van der Waals surface area contributed by atoms with Gasteiger partial charge in [-0.25, -0.2) is 0 Å². The van der Waals surface area contributed by atoms with Crippen molar-refractivity contribution < 1.29 is 0 Å². The predicted molar refractivity (Wildman–Crippen MR) is 62.4 cm³/mol. The highest BCUT2D eigenvalue weighted by Gasteiger charge is 2.40. The van der Waals surface area contributed by atoms with Gasteiger partial charge in [0.15, 0.2) is 0 Å². The Morgan fingerprint density at radius 3 is 0.429 bits per heavy atom. The van der Waals surface area contributed by atoms with Crippen LogP contribution in [-0.2, 0) is 0 Å². The highest BCUT2D eigenvalue weighted by atomic mass is 14.4. The van der Waals surface area contributed by atoms with Crippen molar-refractivity contribution >= 4 is 0 Å². The maximum Gasteiger partial charge on any atom is -0.0130 e. The highest BCUT2D eigenvalue weighted by Crippen LogP contribution is 2.51. The SMILES string of the molecule is C[C]1[C](C)[C](C)[C](C)[C](C)[C](C)[C]1C. The monoisotopic (exact) mass is 189 g/mol. The summed E-state index contributed by atoms with van der Waals surface area (Å²) in [6.45, 7) is 15.6. The Morgan fingerprint density at radius 1 is 0.286 bits per heavy atom. The molecule has 77 valence electrons. The third kappa shape index (κ3) is 1.85. The highest BCUT2D eigenvalue weighted by molar-refractivity contribution is 5.58. The largest absolute Gasteiger partial charge is 0.0579 e. The molecular weight excluding hydrogens is 168 g/mol. The van der Waals surface area contributed by atoms with Crippen molar-refractivity contribution in [3.63, 3.8) is 0 Å². The molecule has 0 aromatic carbocycles. The topological polar surface area (TPSA) is 0 Å². The molecule has 7 radical (unpaired) electrons. The van der Waals surface area contributed by atoms with Gasteiger partial charge in [-0.3, -0.25) is 0 Å². The van der Waals surface area contributed by atoms with Gasteiger partial charge in [0, 0.05) is 0 Å². The summed E-state index contributed by atoms with van der Waals surface area (Å²) in [4.78, 5) is 0. The van der Waals surface area contributed by atoms with E-state index in [1.165, 1.54) is 41.4 Å². The maximum absolute atomic E-state index is 2.23. The van der Waals surface area contributed by atoms with Crippen LogP contribution in [0.3, 0.4) is 0 Å². The smallest absolute Gasteiger partial charge is 0.0130 e. The first-order valence-corrected chi connectivity index (χ1v) is 5.25. The lowest BCUT2D eigenvalue weighted by Gasteiger charge is -2.27. The fraction of sp³-hybridized carbons (Fsp3) is 0.500. The molecular formula is C14H21. The van der Waals surface area contributed by atoms with Crippen molar-refractivity contribution in [2.24, 2.45) is 0 Å². The second kappa shape index (κ2) is 4.24. The average Bonchev–Trinajstić information content (AvgIpc) is 2.23. The molecule has 0 aromatic rings. The zero-order valence-corrected chi connectivity index (χ0v) is 10.5. The molecule has 0 N–H and O–H groups in total. The van der Waals surface area contributed by atoms with Crippen molar-refractivity contribution in [1.29, 1.82) is 0 Å². The van der Waals surface area contributed by atoms with Gasteiger partial charge in [0.25, 0.3) is 0 Å². The molecule has 0 bridgehead atoms. The maximum atomic E-state index is 2.23. The first-order valence-electron chi connectivity index (χ1n) is 5.25. The molecule has 1 aliphatic rings. The molecule has 0 heteroatoms. The van der Waals surface area contributed by atoms with Gasteiger partial charge in [-0.1, -0.05) is 48.5 Å². The van der Waals surface area contributed by atoms with Gasteiger partial charge < -0.3 is 0 Å². The van der Waals surface area contributed by atoms with E-state index < -0.39 is 0 Å². The summed E-state index contributed by atoms with van der Waals surface area (Å²) in [7, 11) is 0. The van der Waals surface area contributed by atoms with E-state index in [0.29, 0.717) is 0 Å². The van der Waals surface area contributed by atoms with Crippen LogP contribution >= 0.6 is 0 Å². The van der Waals surface area contributed by atoms with Gasteiger partial charge in [-0.2, -0.15) is 0 Å². The van der Waals surface area contributed by atoms with E-state index >= 15 is 0 Å². The van der Waals surface area contributed by atoms with Crippen molar-refractivity contribution in [1.82, 2.24) is 0 Å². The summed E-state index contributed by atoms with van der Waals surface area (Å²) in [6.07, 6.45) is 0. The quantitative estimate of drug-likeness (QED) is 0.502. The van der Waals surface area contributed by atoms with Crippen molar-refractivity contribution in [2.75, 3.05) is 0 Å². The zero-order valence-electron chi connectivity index (χ0n) is 10.5. The second-order valence-electron chi connectivity index (χ2n) is 4.38. The Hall–Kier alpha value is 0. The van der Waals surface area contributed by atoms with Gasteiger partial charge in [0.2, 0.25) is 0 Å². The summed E-state index contributed by atoms with van der Waals surface area (Å²) in [5, 5.41) is 0. The van der Waals surface area contributed by atoms with E-state index in [9.17, 15) is 0 Å². The van der Waals surface area contributed by atoms with Gasteiger partial charge in [-0.05, 0) is 41.4 Å². The van der Waals surface area contributed by atoms with E-state index in [2.05, 4.69) is 48.5 Å². The minimum atomic E-state index is 1.44. The molecule has 0 spiro atoms. The average molecular weight is 189 g/mol. The lowest BCUT2D eigenvalue weighted by Crippen LogP contribution is -2.15. The number of hydrogen-bond acceptors (Lipinski definition) is 0. The molecule has 0 amide bonds. The van der Waals surface area contributed by atoms with Gasteiger partial charge >= 0.3 is 0 Å². The summed E-state index contributed by atoms with van der Waals surface area (Å²) < 4.78 is 0. The molecule has 0 aromatic heterocycles. The lowest BCUT2D eigenvalue weighted by molar-refractivity contribution is 0.841. The van der Waals surface area contributed by atoms with Crippen LogP contribution < -0.4 is 0 Å². The van der Waals surface area contributed by atoms with Gasteiger partial charge in [0.1, 0.15) is 0 Å². The second-order valence-corrected chi connectivity index (χ2v) is 4.38. The molecule has 0 heterocycles. The van der Waals surface area contributed by atoms with Crippen LogP contribution in [0.15, 0.2) is 0 Å². The molecule has 0 nitrogen and oxygen atoms in total. The Morgan fingerprint density at radius 2 is 0.357 bits per heavy atom. The van der Waals surface area contributed by atoms with E-state index in [-0.39, 0.29) is 0 Å². The molecule has 1 saturated carbocycles. The van der Waals surface area contributed by atoms with Crippen LogP contribution in [0.2, 0.25) is 0 Å². The van der Waals surface area contributed by atoms with Crippen molar-refractivity contribution in [3.05, 3.63) is 41.4 Å². The summed E-state index contributed by atoms with van der Waals surface area (Å²) in [5.74, 6) is 10.1. The molecule has 0 aliphatic heterocycles. The molecule has 0 atom stereocenters.